The highest BCUT2D eigenvalue weighted by Gasteiger charge is 2.42. The number of amides is 1. The van der Waals surface area contributed by atoms with E-state index in [4.69, 9.17) is 14.2 Å². The molecule has 3 rings (SSSR count). The summed E-state index contributed by atoms with van der Waals surface area (Å²) in [4.78, 5) is 24.3. The lowest BCUT2D eigenvalue weighted by Crippen LogP contribution is -2.46. The van der Waals surface area contributed by atoms with Crippen LogP contribution in [0.3, 0.4) is 0 Å². The molecule has 1 aliphatic carbocycles. The van der Waals surface area contributed by atoms with E-state index in [1.807, 2.05) is 20.8 Å². The Morgan fingerprint density at radius 3 is 2.46 bits per heavy atom. The van der Waals surface area contributed by atoms with Crippen molar-refractivity contribution in [1.29, 1.82) is 0 Å². The monoisotopic (exact) mass is 526 g/mol. The summed E-state index contributed by atoms with van der Waals surface area (Å²) in [6.07, 6.45) is -0.669. The molecule has 11 heteroatoms. The molecule has 3 atom stereocenters. The van der Waals surface area contributed by atoms with Gasteiger partial charge in [-0.1, -0.05) is 20.8 Å². The molecule has 2 fully saturated rings. The summed E-state index contributed by atoms with van der Waals surface area (Å²) in [5.74, 6) is -2.43. The van der Waals surface area contributed by atoms with E-state index in [-0.39, 0.29) is 54.4 Å². The molecular weight excluding hydrogens is 487 g/mol. The fourth-order valence-electron chi connectivity index (χ4n) is 4.67. The van der Waals surface area contributed by atoms with Crippen LogP contribution in [0.25, 0.3) is 0 Å². The highest BCUT2D eigenvalue weighted by Crippen LogP contribution is 2.39. The lowest BCUT2D eigenvalue weighted by molar-refractivity contribution is -0.155. The number of benzene rings is 1. The van der Waals surface area contributed by atoms with Crippen molar-refractivity contribution in [3.8, 4) is 11.5 Å². The number of methoxy groups -OCH3 is 1. The maximum absolute atomic E-state index is 14.8. The van der Waals surface area contributed by atoms with E-state index >= 15 is 0 Å². The van der Waals surface area contributed by atoms with E-state index in [2.05, 4.69) is 10.6 Å². The second-order valence-electron chi connectivity index (χ2n) is 11.2. The van der Waals surface area contributed by atoms with Crippen LogP contribution >= 0.6 is 0 Å². The number of nitrogens with one attached hydrogen (secondary N) is 2. The maximum atomic E-state index is 14.8. The first kappa shape index (κ1) is 29.1. The standard InChI is InChI=1S/C26H39FN2O8/c1-25(2,3)13-28-22(31)17-11-36-12-19(17)29-23(32)16-9-21(18(27)10-20(16)35-4)37-15-5-7-26(14-30,8-6-15)24(33)34/h9-10,15,17,19,23,29-30,32H,5-8,11-14H2,1-4H3,(H,28,31)(H,33,34)/t15-,17-,19+,23?,26+/m1/s1. The van der Waals surface area contributed by atoms with Crippen LogP contribution in [0.2, 0.25) is 0 Å². The quantitative estimate of drug-likeness (QED) is 0.289. The number of rotatable bonds is 10. The van der Waals surface area contributed by atoms with Gasteiger partial charge in [0.05, 0.1) is 44.4 Å². The summed E-state index contributed by atoms with van der Waals surface area (Å²) in [5, 5.41) is 35.9. The fraction of sp³-hybridized carbons (Fsp3) is 0.692. The van der Waals surface area contributed by atoms with E-state index in [9.17, 15) is 29.3 Å². The number of aliphatic hydroxyl groups excluding tert-OH is 2. The molecule has 0 aromatic heterocycles. The molecule has 10 nitrogen and oxygen atoms in total. The van der Waals surface area contributed by atoms with Crippen molar-refractivity contribution in [1.82, 2.24) is 10.6 Å². The van der Waals surface area contributed by atoms with E-state index in [1.165, 1.54) is 13.2 Å². The molecule has 1 saturated carbocycles. The van der Waals surface area contributed by atoms with E-state index in [1.54, 1.807) is 0 Å². The van der Waals surface area contributed by atoms with Gasteiger partial charge in [-0.15, -0.1) is 0 Å². The molecule has 5 N–H and O–H groups in total. The molecule has 1 unspecified atom stereocenters. The normalized spacial score (nSPS) is 26.9. The smallest absolute Gasteiger partial charge is 0.311 e. The first-order valence-electron chi connectivity index (χ1n) is 12.6. The lowest BCUT2D eigenvalue weighted by atomic mass is 9.74. The van der Waals surface area contributed by atoms with Crippen molar-refractivity contribution in [2.24, 2.45) is 16.7 Å². The van der Waals surface area contributed by atoms with Gasteiger partial charge in [0, 0.05) is 24.2 Å². The Bertz CT molecular complexity index is 959. The van der Waals surface area contributed by atoms with Gasteiger partial charge in [-0.05, 0) is 37.2 Å². The summed E-state index contributed by atoms with van der Waals surface area (Å²) in [6, 6.07) is 1.99. The van der Waals surface area contributed by atoms with Gasteiger partial charge in [-0.3, -0.25) is 14.9 Å². The van der Waals surface area contributed by atoms with E-state index in [0.717, 1.165) is 6.07 Å². The minimum absolute atomic E-state index is 0.0824. The van der Waals surface area contributed by atoms with Crippen LogP contribution in [0.5, 0.6) is 11.5 Å². The molecule has 1 aliphatic heterocycles. The maximum Gasteiger partial charge on any atom is 0.311 e. The molecule has 37 heavy (non-hydrogen) atoms. The number of ether oxygens (including phenoxy) is 3. The number of halogens is 1. The van der Waals surface area contributed by atoms with Gasteiger partial charge in [-0.2, -0.15) is 0 Å². The Morgan fingerprint density at radius 1 is 1.22 bits per heavy atom. The average molecular weight is 527 g/mol. The lowest BCUT2D eigenvalue weighted by Gasteiger charge is -2.35. The highest BCUT2D eigenvalue weighted by atomic mass is 19.1. The number of hydrogen-bond acceptors (Lipinski definition) is 8. The number of hydrogen-bond donors (Lipinski definition) is 5. The van der Waals surface area contributed by atoms with Gasteiger partial charge in [0.15, 0.2) is 11.6 Å². The number of carboxylic acid groups (broad SMARTS) is 1. The molecule has 1 heterocycles. The predicted molar refractivity (Wildman–Crippen MR) is 132 cm³/mol. The third-order valence-corrected chi connectivity index (χ3v) is 7.10. The molecule has 0 radical (unpaired) electrons. The van der Waals surface area contributed by atoms with Crippen LogP contribution in [0.4, 0.5) is 4.39 Å². The first-order chi connectivity index (χ1) is 17.4. The molecule has 2 aliphatic rings. The molecular formula is C26H39FN2O8. The van der Waals surface area contributed by atoms with Crippen molar-refractivity contribution >= 4 is 11.9 Å². The third kappa shape index (κ3) is 7.10. The minimum atomic E-state index is -1.30. The molecule has 0 bridgehead atoms. The Balaban J connectivity index is 1.70. The zero-order valence-corrected chi connectivity index (χ0v) is 21.9. The van der Waals surface area contributed by atoms with Gasteiger partial charge in [0.1, 0.15) is 12.0 Å². The molecule has 208 valence electrons. The Labute approximate surface area is 216 Å². The summed E-state index contributed by atoms with van der Waals surface area (Å²) < 4.78 is 31.4. The summed E-state index contributed by atoms with van der Waals surface area (Å²) >= 11 is 0. The van der Waals surface area contributed by atoms with Crippen LogP contribution in [0.15, 0.2) is 12.1 Å². The predicted octanol–water partition coefficient (Wildman–Crippen LogP) is 1.98. The Hall–Kier alpha value is -2.47. The van der Waals surface area contributed by atoms with Gasteiger partial charge in [0.2, 0.25) is 5.91 Å². The van der Waals surface area contributed by atoms with Gasteiger partial charge in [-0.25, -0.2) is 4.39 Å². The van der Waals surface area contributed by atoms with Crippen LogP contribution in [0.1, 0.15) is 58.2 Å². The average Bonchev–Trinajstić information content (AvgIpc) is 3.31. The van der Waals surface area contributed by atoms with Crippen molar-refractivity contribution < 1.29 is 43.5 Å². The SMILES string of the molecule is COc1cc(F)c(O[C@H]2CC[C@@](CO)(C(=O)O)CC2)cc1C(O)N[C@H]1COC[C@H]1C(=O)NCC(C)(C)C. The van der Waals surface area contributed by atoms with Crippen molar-refractivity contribution in [2.75, 3.05) is 33.5 Å². The van der Waals surface area contributed by atoms with Gasteiger partial charge >= 0.3 is 5.97 Å². The second-order valence-corrected chi connectivity index (χ2v) is 11.2. The number of carbonyl (C=O) groups is 2. The van der Waals surface area contributed by atoms with Gasteiger partial charge < -0.3 is 34.8 Å². The minimum Gasteiger partial charge on any atom is -0.496 e. The third-order valence-electron chi connectivity index (χ3n) is 7.10. The van der Waals surface area contributed by atoms with Crippen LogP contribution in [0, 0.1) is 22.6 Å². The molecule has 1 aromatic carbocycles. The first-order valence-corrected chi connectivity index (χ1v) is 12.6. The van der Waals surface area contributed by atoms with Crippen LogP contribution in [-0.2, 0) is 14.3 Å². The Kier molecular flexibility index (Phi) is 9.38. The second kappa shape index (κ2) is 11.9. The van der Waals surface area contributed by atoms with Crippen molar-refractivity contribution in [2.45, 2.75) is 64.8 Å². The van der Waals surface area contributed by atoms with Gasteiger partial charge in [0.25, 0.3) is 0 Å². The number of aliphatic carboxylic acids is 1. The van der Waals surface area contributed by atoms with E-state index < -0.39 is 48.1 Å². The topological polar surface area (TPSA) is 147 Å². The van der Waals surface area contributed by atoms with Crippen LogP contribution in [-0.4, -0.2) is 72.8 Å². The summed E-state index contributed by atoms with van der Waals surface area (Å²) in [5.41, 5.74) is -1.06. The number of carbonyl (C=O) groups excluding carboxylic acids is 1. The Morgan fingerprint density at radius 2 is 1.89 bits per heavy atom. The van der Waals surface area contributed by atoms with Crippen LogP contribution < -0.4 is 20.1 Å². The molecule has 1 aromatic rings. The zero-order chi connectivity index (χ0) is 27.4. The molecule has 1 saturated heterocycles. The largest absolute Gasteiger partial charge is 0.496 e. The fourth-order valence-corrected chi connectivity index (χ4v) is 4.67. The zero-order valence-electron chi connectivity index (χ0n) is 21.9. The molecule has 0 spiro atoms. The number of carboxylic acids is 1. The summed E-state index contributed by atoms with van der Waals surface area (Å²) in [7, 11) is 1.36. The number of aliphatic hydroxyl groups is 2. The van der Waals surface area contributed by atoms with E-state index in [0.29, 0.717) is 19.4 Å². The highest BCUT2D eigenvalue weighted by molar-refractivity contribution is 5.80. The summed E-state index contributed by atoms with van der Waals surface area (Å²) in [6.45, 7) is 6.51. The van der Waals surface area contributed by atoms with Crippen molar-refractivity contribution in [3.05, 3.63) is 23.5 Å². The van der Waals surface area contributed by atoms with Crippen molar-refractivity contribution in [3.63, 3.8) is 0 Å². The molecule has 1 amide bonds.